The van der Waals surface area contributed by atoms with Crippen molar-refractivity contribution >= 4 is 17.8 Å². The molecule has 0 saturated carbocycles. The summed E-state index contributed by atoms with van der Waals surface area (Å²) in [6, 6.07) is 1.67. The van der Waals surface area contributed by atoms with E-state index in [0.29, 0.717) is 6.07 Å². The lowest BCUT2D eigenvalue weighted by Crippen LogP contribution is -2.41. The molecule has 140 valence electrons. The van der Waals surface area contributed by atoms with E-state index in [1.807, 2.05) is 0 Å². The summed E-state index contributed by atoms with van der Waals surface area (Å²) in [7, 11) is 0.767. The third-order valence-corrected chi connectivity index (χ3v) is 3.67. The van der Waals surface area contributed by atoms with E-state index in [2.05, 4.69) is 4.74 Å². The Kier molecular flexibility index (Phi) is 5.12. The minimum atomic E-state index is -4.97. The van der Waals surface area contributed by atoms with Crippen LogP contribution in [0.2, 0.25) is 5.02 Å². The fourth-order valence-corrected chi connectivity index (χ4v) is 2.33. The van der Waals surface area contributed by atoms with E-state index in [9.17, 15) is 31.9 Å². The Bertz CT molecular complexity index is 997. The molecule has 0 bridgehead atoms. The molecular formula is C14H9ClF4N2O5. The first-order valence-corrected chi connectivity index (χ1v) is 7.05. The standard InChI is InChI=1S/C14H9ClF4N2O5/c1-20-10(14(17,18)19)4-11(22)21(12(20)23)9-2-6(5-26-13(24)25)7(15)3-8(9)16/h2-4H,5H2,1H3,(H,24,25). The van der Waals surface area contributed by atoms with Crippen LogP contribution in [0.25, 0.3) is 5.69 Å². The largest absolute Gasteiger partial charge is 0.506 e. The van der Waals surface area contributed by atoms with Crippen LogP contribution in [0.4, 0.5) is 22.4 Å². The average molecular weight is 397 g/mol. The molecule has 0 aliphatic carbocycles. The highest BCUT2D eigenvalue weighted by Gasteiger charge is 2.35. The Hall–Kier alpha value is -2.82. The number of ether oxygens (including phenoxy) is 1. The third kappa shape index (κ3) is 3.72. The molecule has 2 aromatic rings. The van der Waals surface area contributed by atoms with Gasteiger partial charge in [-0.3, -0.25) is 9.36 Å². The molecule has 12 heteroatoms. The molecule has 1 aromatic carbocycles. The second-order valence-electron chi connectivity index (χ2n) is 4.99. The maximum absolute atomic E-state index is 14.2. The second-order valence-corrected chi connectivity index (χ2v) is 5.40. The van der Waals surface area contributed by atoms with Crippen molar-refractivity contribution in [3.05, 3.63) is 61.1 Å². The van der Waals surface area contributed by atoms with Gasteiger partial charge in [0.15, 0.2) is 0 Å². The second kappa shape index (κ2) is 6.83. The summed E-state index contributed by atoms with van der Waals surface area (Å²) in [4.78, 5) is 34.6. The summed E-state index contributed by atoms with van der Waals surface area (Å²) >= 11 is 5.74. The van der Waals surface area contributed by atoms with E-state index in [-0.39, 0.29) is 25.8 Å². The minimum absolute atomic E-state index is 0.0979. The topological polar surface area (TPSA) is 90.5 Å². The molecular weight excluding hydrogens is 388 g/mol. The quantitative estimate of drug-likeness (QED) is 0.636. The Morgan fingerprint density at radius 1 is 1.27 bits per heavy atom. The van der Waals surface area contributed by atoms with Crippen LogP contribution in [0.1, 0.15) is 11.3 Å². The van der Waals surface area contributed by atoms with Crippen LogP contribution in [0.5, 0.6) is 0 Å². The summed E-state index contributed by atoms with van der Waals surface area (Å²) in [5.74, 6) is -1.17. The fraction of sp³-hybridized carbons (Fsp3) is 0.214. The van der Waals surface area contributed by atoms with Gasteiger partial charge in [-0.25, -0.2) is 18.5 Å². The molecule has 7 nitrogen and oxygen atoms in total. The van der Waals surface area contributed by atoms with Gasteiger partial charge in [-0.2, -0.15) is 13.2 Å². The van der Waals surface area contributed by atoms with Crippen LogP contribution >= 0.6 is 11.6 Å². The normalized spacial score (nSPS) is 11.5. The smallest absolute Gasteiger partial charge is 0.450 e. The molecule has 0 radical (unpaired) electrons. The monoisotopic (exact) mass is 396 g/mol. The predicted molar refractivity (Wildman–Crippen MR) is 80.1 cm³/mol. The van der Waals surface area contributed by atoms with Crippen molar-refractivity contribution in [1.29, 1.82) is 0 Å². The molecule has 0 atom stereocenters. The predicted octanol–water partition coefficient (Wildman–Crippen LogP) is 2.54. The van der Waals surface area contributed by atoms with Gasteiger partial charge in [0.2, 0.25) is 0 Å². The first-order valence-electron chi connectivity index (χ1n) is 6.67. The van der Waals surface area contributed by atoms with Gasteiger partial charge < -0.3 is 9.84 Å². The van der Waals surface area contributed by atoms with Gasteiger partial charge in [0, 0.05) is 18.7 Å². The van der Waals surface area contributed by atoms with E-state index in [1.165, 1.54) is 0 Å². The Morgan fingerprint density at radius 3 is 2.42 bits per heavy atom. The zero-order valence-corrected chi connectivity index (χ0v) is 13.6. The number of hydrogen-bond acceptors (Lipinski definition) is 4. The van der Waals surface area contributed by atoms with E-state index in [1.54, 1.807) is 0 Å². The highest BCUT2D eigenvalue weighted by Crippen LogP contribution is 2.27. The van der Waals surface area contributed by atoms with Crippen molar-refractivity contribution in [1.82, 2.24) is 9.13 Å². The van der Waals surface area contributed by atoms with Crippen LogP contribution in [0.3, 0.4) is 0 Å². The van der Waals surface area contributed by atoms with Crippen molar-refractivity contribution in [3.8, 4) is 5.69 Å². The van der Waals surface area contributed by atoms with Gasteiger partial charge in [-0.15, -0.1) is 0 Å². The molecule has 0 unspecified atom stereocenters. The van der Waals surface area contributed by atoms with Crippen molar-refractivity contribution in [2.75, 3.05) is 0 Å². The van der Waals surface area contributed by atoms with E-state index < -0.39 is 47.4 Å². The summed E-state index contributed by atoms with van der Waals surface area (Å²) in [6.45, 7) is -0.628. The maximum Gasteiger partial charge on any atom is 0.506 e. The Morgan fingerprint density at radius 2 is 1.88 bits per heavy atom. The lowest BCUT2D eigenvalue weighted by molar-refractivity contribution is -0.144. The lowest BCUT2D eigenvalue weighted by atomic mass is 10.2. The summed E-state index contributed by atoms with van der Waals surface area (Å²) in [5, 5.41) is 8.22. The number of nitrogens with zero attached hydrogens (tertiary/aromatic N) is 2. The van der Waals surface area contributed by atoms with Crippen LogP contribution in [0.15, 0.2) is 27.8 Å². The number of hydrogen-bond donors (Lipinski definition) is 1. The highest BCUT2D eigenvalue weighted by molar-refractivity contribution is 6.31. The van der Waals surface area contributed by atoms with Crippen LogP contribution in [0, 0.1) is 5.82 Å². The highest BCUT2D eigenvalue weighted by atomic mass is 35.5. The minimum Gasteiger partial charge on any atom is -0.450 e. The Labute approximate surface area is 146 Å². The number of alkyl halides is 3. The molecule has 0 fully saturated rings. The maximum atomic E-state index is 14.2. The molecule has 1 aromatic heterocycles. The van der Waals surface area contributed by atoms with Gasteiger partial charge in [0.05, 0.1) is 10.7 Å². The van der Waals surface area contributed by atoms with Gasteiger partial charge in [-0.05, 0) is 12.1 Å². The third-order valence-electron chi connectivity index (χ3n) is 3.32. The van der Waals surface area contributed by atoms with Crippen molar-refractivity contribution in [2.24, 2.45) is 7.05 Å². The average Bonchev–Trinajstić information content (AvgIpc) is 2.50. The van der Waals surface area contributed by atoms with Crippen molar-refractivity contribution < 1.29 is 32.2 Å². The van der Waals surface area contributed by atoms with Crippen LogP contribution in [-0.4, -0.2) is 20.4 Å². The fourth-order valence-electron chi connectivity index (χ4n) is 2.12. The number of carbonyl (C=O) groups is 1. The molecule has 0 aliphatic rings. The van der Waals surface area contributed by atoms with Gasteiger partial charge >= 0.3 is 18.0 Å². The number of benzene rings is 1. The lowest BCUT2D eigenvalue weighted by Gasteiger charge is -2.15. The molecule has 0 aliphatic heterocycles. The first-order chi connectivity index (χ1) is 11.9. The van der Waals surface area contributed by atoms with Gasteiger partial charge in [0.25, 0.3) is 5.56 Å². The summed E-state index contributed by atoms with van der Waals surface area (Å²) < 4.78 is 57.3. The molecule has 0 saturated heterocycles. The van der Waals surface area contributed by atoms with E-state index in [0.717, 1.165) is 13.1 Å². The Balaban J connectivity index is 2.71. The SMILES string of the molecule is Cn1c(C(F)(F)F)cc(=O)n(-c2cc(COC(=O)O)c(Cl)cc2F)c1=O. The van der Waals surface area contributed by atoms with Gasteiger partial charge in [0.1, 0.15) is 18.1 Å². The molecule has 0 amide bonds. The van der Waals surface area contributed by atoms with Crippen molar-refractivity contribution in [2.45, 2.75) is 12.8 Å². The van der Waals surface area contributed by atoms with Crippen molar-refractivity contribution in [3.63, 3.8) is 0 Å². The van der Waals surface area contributed by atoms with Crippen LogP contribution in [-0.2, 0) is 24.6 Å². The molecule has 1 heterocycles. The molecule has 0 spiro atoms. The molecule has 1 N–H and O–H groups in total. The summed E-state index contributed by atoms with van der Waals surface area (Å²) in [6.07, 6.45) is -6.62. The zero-order chi connectivity index (χ0) is 19.8. The van der Waals surface area contributed by atoms with Gasteiger partial charge in [-0.1, -0.05) is 11.6 Å². The van der Waals surface area contributed by atoms with Crippen LogP contribution < -0.4 is 11.2 Å². The number of carboxylic acid groups (broad SMARTS) is 1. The zero-order valence-electron chi connectivity index (χ0n) is 12.8. The van der Waals surface area contributed by atoms with E-state index in [4.69, 9.17) is 16.7 Å². The number of aromatic nitrogens is 2. The first kappa shape index (κ1) is 19.5. The molecule has 2 rings (SSSR count). The number of rotatable bonds is 3. The summed E-state index contributed by atoms with van der Waals surface area (Å²) in [5.41, 5.74) is -5.17. The number of halogens is 5. The molecule has 26 heavy (non-hydrogen) atoms. The van der Waals surface area contributed by atoms with E-state index >= 15 is 0 Å².